The Bertz CT molecular complexity index is 658. The van der Waals surface area contributed by atoms with E-state index in [1.807, 2.05) is 66.8 Å². The summed E-state index contributed by atoms with van der Waals surface area (Å²) in [5.74, 6) is 0. The molecule has 0 unspecified atom stereocenters. The first kappa shape index (κ1) is 12.7. The topological polar surface area (TPSA) is 58.6 Å². The largest absolute Gasteiger partial charge is 0.361 e. The van der Waals surface area contributed by atoms with E-state index >= 15 is 0 Å². The average molecular weight is 251 g/mol. The van der Waals surface area contributed by atoms with Crippen LogP contribution in [0, 0.1) is 0 Å². The number of rotatable bonds is 1. The third-order valence-electron chi connectivity index (χ3n) is 2.31. The lowest BCUT2D eigenvalue weighted by molar-refractivity contribution is 0.904. The van der Waals surface area contributed by atoms with Gasteiger partial charge in [-0.2, -0.15) is 10.1 Å². The molecular weight excluding hydrogens is 238 g/mol. The van der Waals surface area contributed by atoms with Crippen LogP contribution < -0.4 is 5.69 Å². The van der Waals surface area contributed by atoms with E-state index in [1.165, 1.54) is 6.20 Å². The van der Waals surface area contributed by atoms with E-state index in [9.17, 15) is 4.79 Å². The number of hydrogen-bond donors (Lipinski definition) is 1. The van der Waals surface area contributed by atoms with E-state index in [2.05, 4.69) is 15.2 Å². The highest BCUT2D eigenvalue weighted by atomic mass is 16.1. The van der Waals surface area contributed by atoms with E-state index < -0.39 is 5.69 Å². The lowest BCUT2D eigenvalue weighted by atomic mass is 10.1. The van der Waals surface area contributed by atoms with Crippen LogP contribution in [-0.2, 0) is 0 Å². The van der Waals surface area contributed by atoms with Crippen LogP contribution in [-0.4, -0.2) is 15.2 Å². The van der Waals surface area contributed by atoms with Crippen LogP contribution in [0.25, 0.3) is 5.57 Å². The van der Waals surface area contributed by atoms with Crippen LogP contribution in [0.15, 0.2) is 77.8 Å². The van der Waals surface area contributed by atoms with Crippen molar-refractivity contribution >= 4 is 5.57 Å². The second-order valence-corrected chi connectivity index (χ2v) is 3.69. The molecule has 1 aliphatic carbocycles. The van der Waals surface area contributed by atoms with Gasteiger partial charge in [0.05, 0.1) is 11.9 Å². The normalized spacial score (nSPS) is 26.0. The molecule has 4 heteroatoms. The summed E-state index contributed by atoms with van der Waals surface area (Å²) in [6, 6.07) is 0. The van der Waals surface area contributed by atoms with E-state index in [4.69, 9.17) is 0 Å². The monoisotopic (exact) mass is 251 g/mol. The van der Waals surface area contributed by atoms with Gasteiger partial charge in [-0.3, -0.25) is 0 Å². The van der Waals surface area contributed by atoms with Gasteiger partial charge >= 0.3 is 5.69 Å². The average Bonchev–Trinajstić information content (AvgIpc) is 2.39. The van der Waals surface area contributed by atoms with Crippen molar-refractivity contribution in [1.29, 1.82) is 0 Å². The standard InChI is InChI=1S/C15H13N3O/c19-15-17-14(12-16-18-15)13-10-8-6-4-2-1-3-5-7-9-11-13/h1-12H,(H,17,18,19)/b2-1-,3-1?,4-2?,5-3-,6-4-,7-5?,8-6?,9-7-,10-8-,11-9?,13-10?,13-11+. The molecule has 1 aromatic heterocycles. The number of aromatic nitrogens is 3. The Morgan fingerprint density at radius 3 is 2.16 bits per heavy atom. The summed E-state index contributed by atoms with van der Waals surface area (Å²) in [7, 11) is 0. The fraction of sp³-hybridized carbons (Fsp3) is 0. The van der Waals surface area contributed by atoms with Crippen molar-refractivity contribution in [3.05, 3.63) is 89.2 Å². The highest BCUT2D eigenvalue weighted by Crippen LogP contribution is 2.11. The molecule has 1 heterocycles. The molecular formula is C15H13N3O. The summed E-state index contributed by atoms with van der Waals surface area (Å²) < 4.78 is 0. The number of nitrogens with zero attached hydrogens (tertiary/aromatic N) is 2. The zero-order valence-corrected chi connectivity index (χ0v) is 10.2. The van der Waals surface area contributed by atoms with E-state index in [1.54, 1.807) is 0 Å². The van der Waals surface area contributed by atoms with Gasteiger partial charge in [-0.1, -0.05) is 66.8 Å². The molecule has 0 fully saturated rings. The van der Waals surface area contributed by atoms with E-state index in [0.29, 0.717) is 5.69 Å². The Kier molecular flexibility index (Phi) is 4.58. The minimum absolute atomic E-state index is 0.458. The van der Waals surface area contributed by atoms with Crippen molar-refractivity contribution < 1.29 is 0 Å². The quantitative estimate of drug-likeness (QED) is 0.833. The molecule has 1 N–H and O–H groups in total. The molecule has 0 spiro atoms. The number of hydrogen-bond acceptors (Lipinski definition) is 3. The number of H-pyrrole nitrogens is 1. The molecule has 1 aromatic rings. The predicted octanol–water partition coefficient (Wildman–Crippen LogP) is 2.34. The molecule has 0 bridgehead atoms. The molecule has 1 aliphatic rings. The smallest absolute Gasteiger partial charge is 0.244 e. The summed E-state index contributed by atoms with van der Waals surface area (Å²) in [5.41, 5.74) is 0.896. The highest BCUT2D eigenvalue weighted by Gasteiger charge is 1.99. The van der Waals surface area contributed by atoms with Crippen LogP contribution in [0.1, 0.15) is 5.69 Å². The molecule has 4 nitrogen and oxygen atoms in total. The van der Waals surface area contributed by atoms with Gasteiger partial charge in [0, 0.05) is 5.57 Å². The predicted molar refractivity (Wildman–Crippen MR) is 76.3 cm³/mol. The van der Waals surface area contributed by atoms with Crippen LogP contribution in [0.2, 0.25) is 0 Å². The summed E-state index contributed by atoms with van der Waals surface area (Å²) in [4.78, 5) is 15.1. The third kappa shape index (κ3) is 4.20. The van der Waals surface area contributed by atoms with Crippen molar-refractivity contribution in [3.63, 3.8) is 0 Å². The highest BCUT2D eigenvalue weighted by molar-refractivity contribution is 5.72. The molecule has 0 radical (unpaired) electrons. The number of nitrogens with one attached hydrogen (secondary N) is 1. The minimum Gasteiger partial charge on any atom is -0.244 e. The SMILES string of the molecule is O=c1nc(C2=C/C=C\C=C/C=C\C=C/C=C\2)cn[nH]1. The van der Waals surface area contributed by atoms with Gasteiger partial charge in [0.25, 0.3) is 0 Å². The van der Waals surface area contributed by atoms with Crippen LogP contribution in [0.3, 0.4) is 0 Å². The third-order valence-corrected chi connectivity index (χ3v) is 2.31. The van der Waals surface area contributed by atoms with Gasteiger partial charge in [-0.25, -0.2) is 9.89 Å². The first-order valence-corrected chi connectivity index (χ1v) is 5.83. The maximum Gasteiger partial charge on any atom is 0.361 e. The molecule has 94 valence electrons. The van der Waals surface area contributed by atoms with Crippen LogP contribution in [0.5, 0.6) is 0 Å². The molecule has 0 saturated heterocycles. The van der Waals surface area contributed by atoms with Gasteiger partial charge < -0.3 is 0 Å². The number of aromatic amines is 1. The maximum absolute atomic E-state index is 11.2. The summed E-state index contributed by atoms with van der Waals surface area (Å²) in [5, 5.41) is 6.01. The van der Waals surface area contributed by atoms with Crippen molar-refractivity contribution in [2.45, 2.75) is 0 Å². The molecule has 0 atom stereocenters. The summed E-state index contributed by atoms with van der Waals surface area (Å²) in [6.07, 6.45) is 22.5. The Hall–Kier alpha value is -2.75. The van der Waals surface area contributed by atoms with Crippen molar-refractivity contribution in [3.8, 4) is 0 Å². The zero-order valence-electron chi connectivity index (χ0n) is 10.2. The Balaban J connectivity index is 2.37. The Morgan fingerprint density at radius 1 is 0.842 bits per heavy atom. The first-order chi connectivity index (χ1) is 9.36. The molecule has 0 saturated carbocycles. The van der Waals surface area contributed by atoms with Crippen LogP contribution >= 0.6 is 0 Å². The molecule has 0 amide bonds. The van der Waals surface area contributed by atoms with Crippen molar-refractivity contribution in [2.75, 3.05) is 0 Å². The molecule has 19 heavy (non-hydrogen) atoms. The van der Waals surface area contributed by atoms with Crippen LogP contribution in [0.4, 0.5) is 0 Å². The summed E-state index contributed by atoms with van der Waals surface area (Å²) in [6.45, 7) is 0. The minimum atomic E-state index is -0.458. The fourth-order valence-corrected chi connectivity index (χ4v) is 1.44. The lowest BCUT2D eigenvalue weighted by Gasteiger charge is -1.98. The molecule has 2 rings (SSSR count). The zero-order chi connectivity index (χ0) is 13.3. The number of allylic oxidation sites excluding steroid dienone is 12. The first-order valence-electron chi connectivity index (χ1n) is 5.83. The lowest BCUT2D eigenvalue weighted by Crippen LogP contribution is -2.13. The maximum atomic E-state index is 11.2. The Labute approximate surface area is 110 Å². The fourth-order valence-electron chi connectivity index (χ4n) is 1.44. The summed E-state index contributed by atoms with van der Waals surface area (Å²) >= 11 is 0. The van der Waals surface area contributed by atoms with E-state index in [-0.39, 0.29) is 0 Å². The van der Waals surface area contributed by atoms with Crippen molar-refractivity contribution in [2.24, 2.45) is 0 Å². The van der Waals surface area contributed by atoms with Gasteiger partial charge in [0.2, 0.25) is 0 Å². The van der Waals surface area contributed by atoms with E-state index in [0.717, 1.165) is 5.57 Å². The van der Waals surface area contributed by atoms with Gasteiger partial charge in [0.15, 0.2) is 0 Å². The van der Waals surface area contributed by atoms with Gasteiger partial charge in [-0.05, 0) is 0 Å². The van der Waals surface area contributed by atoms with Gasteiger partial charge in [0.1, 0.15) is 0 Å². The Morgan fingerprint density at radius 2 is 1.47 bits per heavy atom. The molecule has 0 aromatic carbocycles. The van der Waals surface area contributed by atoms with Crippen molar-refractivity contribution in [1.82, 2.24) is 15.2 Å². The van der Waals surface area contributed by atoms with Gasteiger partial charge in [-0.15, -0.1) is 0 Å². The second kappa shape index (κ2) is 6.86. The molecule has 0 aliphatic heterocycles. The second-order valence-electron chi connectivity index (χ2n) is 3.69.